The van der Waals surface area contributed by atoms with Gasteiger partial charge in [0.15, 0.2) is 0 Å². The number of piperidine rings is 1. The molecule has 0 atom stereocenters. The number of nitrogens with one attached hydrogen (secondary N) is 2. The van der Waals surface area contributed by atoms with Crippen LogP contribution in [0.1, 0.15) is 25.6 Å². The van der Waals surface area contributed by atoms with Crippen LogP contribution in [0.3, 0.4) is 0 Å². The van der Waals surface area contributed by atoms with Gasteiger partial charge in [0.05, 0.1) is 11.0 Å². The quantitative estimate of drug-likeness (QED) is 0.777. The molecule has 0 radical (unpaired) electrons. The average molecular weight is 403 g/mol. The van der Waals surface area contributed by atoms with Gasteiger partial charge in [0.2, 0.25) is 0 Å². The van der Waals surface area contributed by atoms with E-state index in [1.807, 2.05) is 18.2 Å². The van der Waals surface area contributed by atoms with Crippen molar-refractivity contribution >= 4 is 41.8 Å². The minimum atomic E-state index is -0.684. The Morgan fingerprint density at radius 2 is 2.00 bits per heavy atom. The zero-order chi connectivity index (χ0) is 17.0. The Morgan fingerprint density at radius 3 is 2.65 bits per heavy atom. The smallest absolute Gasteiger partial charge is 0.252 e. The SMILES string of the molecule is CCn1c(CCNC(=O)C2(OC)CCNCC2)nc2ccccc21.Cl.Cl. The molecule has 1 aromatic heterocycles. The second-order valence-corrected chi connectivity index (χ2v) is 6.22. The summed E-state index contributed by atoms with van der Waals surface area (Å²) >= 11 is 0. The Balaban J connectivity index is 0.00000169. The maximum atomic E-state index is 12.6. The average Bonchev–Trinajstić information content (AvgIpc) is 2.99. The summed E-state index contributed by atoms with van der Waals surface area (Å²) in [7, 11) is 1.63. The van der Waals surface area contributed by atoms with Gasteiger partial charge in [-0.3, -0.25) is 4.79 Å². The number of aryl methyl sites for hydroxylation is 1. The molecule has 1 aromatic carbocycles. The van der Waals surface area contributed by atoms with E-state index in [-0.39, 0.29) is 30.7 Å². The predicted molar refractivity (Wildman–Crippen MR) is 108 cm³/mol. The Bertz CT molecular complexity index is 714. The third-order valence-corrected chi connectivity index (χ3v) is 4.90. The van der Waals surface area contributed by atoms with Crippen molar-refractivity contribution in [2.45, 2.75) is 38.3 Å². The predicted octanol–water partition coefficient (Wildman–Crippen LogP) is 2.33. The zero-order valence-electron chi connectivity index (χ0n) is 15.3. The van der Waals surface area contributed by atoms with Crippen LogP contribution < -0.4 is 10.6 Å². The van der Waals surface area contributed by atoms with Crippen molar-refractivity contribution < 1.29 is 9.53 Å². The minimum Gasteiger partial charge on any atom is -0.368 e. The summed E-state index contributed by atoms with van der Waals surface area (Å²) in [4.78, 5) is 17.3. The number of hydrogen-bond donors (Lipinski definition) is 2. The maximum Gasteiger partial charge on any atom is 0.252 e. The molecule has 2 heterocycles. The van der Waals surface area contributed by atoms with E-state index in [0.29, 0.717) is 25.8 Å². The van der Waals surface area contributed by atoms with Gasteiger partial charge in [-0.1, -0.05) is 12.1 Å². The highest BCUT2D eigenvalue weighted by atomic mass is 35.5. The van der Waals surface area contributed by atoms with Gasteiger partial charge in [0.1, 0.15) is 11.4 Å². The number of amides is 1. The van der Waals surface area contributed by atoms with Crippen LogP contribution in [0.25, 0.3) is 11.0 Å². The third-order valence-electron chi connectivity index (χ3n) is 4.90. The van der Waals surface area contributed by atoms with Crippen LogP contribution in [-0.2, 0) is 22.5 Å². The van der Waals surface area contributed by atoms with E-state index in [1.54, 1.807) is 7.11 Å². The third kappa shape index (κ3) is 4.49. The molecule has 2 aromatic rings. The monoisotopic (exact) mass is 402 g/mol. The molecule has 8 heteroatoms. The molecule has 1 saturated heterocycles. The molecule has 6 nitrogen and oxygen atoms in total. The van der Waals surface area contributed by atoms with Crippen LogP contribution in [0, 0.1) is 0 Å². The molecule has 26 heavy (non-hydrogen) atoms. The first-order valence-electron chi connectivity index (χ1n) is 8.68. The van der Waals surface area contributed by atoms with E-state index in [2.05, 4.69) is 28.2 Å². The number of fused-ring (bicyclic) bond motifs is 1. The van der Waals surface area contributed by atoms with E-state index in [9.17, 15) is 4.79 Å². The summed E-state index contributed by atoms with van der Waals surface area (Å²) in [5, 5.41) is 6.31. The lowest BCUT2D eigenvalue weighted by Gasteiger charge is -2.34. The van der Waals surface area contributed by atoms with Crippen molar-refractivity contribution in [3.8, 4) is 0 Å². The first-order valence-corrected chi connectivity index (χ1v) is 8.68. The summed E-state index contributed by atoms with van der Waals surface area (Å²) in [6, 6.07) is 8.14. The number of hydrogen-bond acceptors (Lipinski definition) is 4. The molecule has 1 aliphatic heterocycles. The molecule has 0 saturated carbocycles. The van der Waals surface area contributed by atoms with E-state index < -0.39 is 5.60 Å². The van der Waals surface area contributed by atoms with Crippen molar-refractivity contribution in [3.05, 3.63) is 30.1 Å². The van der Waals surface area contributed by atoms with E-state index in [0.717, 1.165) is 36.5 Å². The summed E-state index contributed by atoms with van der Waals surface area (Å²) < 4.78 is 7.77. The molecule has 0 spiro atoms. The molecule has 146 valence electrons. The van der Waals surface area contributed by atoms with Crippen LogP contribution in [-0.4, -0.2) is 47.8 Å². The van der Waals surface area contributed by atoms with Gasteiger partial charge in [0.25, 0.3) is 5.91 Å². The first kappa shape index (κ1) is 22.7. The van der Waals surface area contributed by atoms with Crippen LogP contribution in [0.4, 0.5) is 0 Å². The number of methoxy groups -OCH3 is 1. The highest BCUT2D eigenvalue weighted by Crippen LogP contribution is 2.22. The van der Waals surface area contributed by atoms with Gasteiger partial charge in [-0.05, 0) is 45.0 Å². The van der Waals surface area contributed by atoms with Crippen molar-refractivity contribution in [2.75, 3.05) is 26.7 Å². The Kier molecular flexibility index (Phi) is 8.83. The van der Waals surface area contributed by atoms with Gasteiger partial charge in [0, 0.05) is 26.6 Å². The highest BCUT2D eigenvalue weighted by molar-refractivity contribution is 5.86. The lowest BCUT2D eigenvalue weighted by atomic mass is 9.91. The summed E-state index contributed by atoms with van der Waals surface area (Å²) in [5.74, 6) is 1.00. The number of nitrogens with zero attached hydrogens (tertiary/aromatic N) is 2. The number of benzene rings is 1. The summed E-state index contributed by atoms with van der Waals surface area (Å²) in [6.45, 7) is 5.18. The minimum absolute atomic E-state index is 0. The molecule has 0 unspecified atom stereocenters. The van der Waals surface area contributed by atoms with E-state index >= 15 is 0 Å². The topological polar surface area (TPSA) is 68.2 Å². The molecule has 1 amide bonds. The van der Waals surface area contributed by atoms with Crippen molar-refractivity contribution in [1.29, 1.82) is 0 Å². The van der Waals surface area contributed by atoms with Gasteiger partial charge < -0.3 is 19.9 Å². The second kappa shape index (κ2) is 10.1. The molecule has 2 N–H and O–H groups in total. The summed E-state index contributed by atoms with van der Waals surface area (Å²) in [5.41, 5.74) is 1.47. The Morgan fingerprint density at radius 1 is 1.31 bits per heavy atom. The standard InChI is InChI=1S/C18H26N4O2.2ClH/c1-3-22-15-7-5-4-6-14(15)21-16(22)8-11-20-17(23)18(24-2)9-12-19-13-10-18;;/h4-7,19H,3,8-13H2,1-2H3,(H,20,23);2*1H. The maximum absolute atomic E-state index is 12.6. The number of para-hydroxylation sites is 2. The molecule has 0 bridgehead atoms. The number of ether oxygens (including phenoxy) is 1. The van der Waals surface area contributed by atoms with Gasteiger partial charge >= 0.3 is 0 Å². The van der Waals surface area contributed by atoms with Crippen molar-refractivity contribution in [3.63, 3.8) is 0 Å². The molecule has 1 fully saturated rings. The van der Waals surface area contributed by atoms with Crippen LogP contribution in [0.2, 0.25) is 0 Å². The molecule has 3 rings (SSSR count). The molecule has 0 aliphatic carbocycles. The van der Waals surface area contributed by atoms with Crippen LogP contribution in [0.5, 0.6) is 0 Å². The number of carbonyl (C=O) groups is 1. The molecular weight excluding hydrogens is 375 g/mol. The normalized spacial score (nSPS) is 15.8. The fourth-order valence-corrected chi connectivity index (χ4v) is 3.47. The number of rotatable bonds is 6. The Labute approximate surface area is 166 Å². The van der Waals surface area contributed by atoms with Gasteiger partial charge in [-0.2, -0.15) is 0 Å². The largest absolute Gasteiger partial charge is 0.368 e. The fraction of sp³-hybridized carbons (Fsp3) is 0.556. The summed E-state index contributed by atoms with van der Waals surface area (Å²) in [6.07, 6.45) is 2.14. The van der Waals surface area contributed by atoms with Crippen molar-refractivity contribution in [2.24, 2.45) is 0 Å². The number of aromatic nitrogens is 2. The van der Waals surface area contributed by atoms with Crippen LogP contribution in [0.15, 0.2) is 24.3 Å². The Hall–Kier alpha value is -1.34. The van der Waals surface area contributed by atoms with Gasteiger partial charge in [-0.15, -0.1) is 24.8 Å². The van der Waals surface area contributed by atoms with Crippen molar-refractivity contribution in [1.82, 2.24) is 20.2 Å². The second-order valence-electron chi connectivity index (χ2n) is 6.22. The zero-order valence-corrected chi connectivity index (χ0v) is 16.9. The number of carbonyl (C=O) groups excluding carboxylic acids is 1. The van der Waals surface area contributed by atoms with Gasteiger partial charge in [-0.25, -0.2) is 4.98 Å². The lowest BCUT2D eigenvalue weighted by molar-refractivity contribution is -0.146. The molecule has 1 aliphatic rings. The first-order chi connectivity index (χ1) is 11.7. The number of imidazole rings is 1. The lowest BCUT2D eigenvalue weighted by Crippen LogP contribution is -2.54. The van der Waals surface area contributed by atoms with E-state index in [4.69, 9.17) is 9.72 Å². The van der Waals surface area contributed by atoms with E-state index in [1.165, 1.54) is 0 Å². The number of halogens is 2. The highest BCUT2D eigenvalue weighted by Gasteiger charge is 2.39. The van der Waals surface area contributed by atoms with Crippen LogP contribution >= 0.6 is 24.8 Å². The fourth-order valence-electron chi connectivity index (χ4n) is 3.47. The molecular formula is C18H28Cl2N4O2.